The molecule has 3 aliphatic rings. The molecule has 0 aromatic heterocycles. The van der Waals surface area contributed by atoms with Gasteiger partial charge in [0.1, 0.15) is 24.4 Å². The summed E-state index contributed by atoms with van der Waals surface area (Å²) in [5, 5.41) is 0. The Hall–Kier alpha value is -1.90. The van der Waals surface area contributed by atoms with Crippen molar-refractivity contribution < 1.29 is 33.3 Å². The van der Waals surface area contributed by atoms with E-state index in [9.17, 15) is 9.79 Å². The van der Waals surface area contributed by atoms with Crippen LogP contribution < -0.4 is 0 Å². The van der Waals surface area contributed by atoms with Crippen LogP contribution in [0.25, 0.3) is 0 Å². The maximum Gasteiger partial charge on any atom is 0.327 e. The van der Waals surface area contributed by atoms with Crippen LogP contribution in [0.2, 0.25) is 0 Å². The molecule has 0 radical (unpaired) electrons. The molecule has 0 spiro atoms. The second-order valence-electron chi connectivity index (χ2n) is 6.95. The fourth-order valence-electron chi connectivity index (χ4n) is 3.80. The fraction of sp³-hybridized carbons (Fsp3) is 0.350. The van der Waals surface area contributed by atoms with Gasteiger partial charge in [-0.2, -0.15) is 0 Å². The highest BCUT2D eigenvalue weighted by Crippen LogP contribution is 2.42. The Morgan fingerprint density at radius 1 is 0.966 bits per heavy atom. The molecule has 0 amide bonds. The van der Waals surface area contributed by atoms with Crippen LogP contribution in [0.15, 0.2) is 65.7 Å². The number of hydrogen-bond donors (Lipinski definition) is 2. The Kier molecular flexibility index (Phi) is 5.32. The first-order valence-corrected chi connectivity index (χ1v) is 10.5. The third-order valence-corrected chi connectivity index (χ3v) is 5.54. The molecule has 3 aliphatic heterocycles. The van der Waals surface area contributed by atoms with E-state index in [1.54, 1.807) is 0 Å². The van der Waals surface area contributed by atoms with Gasteiger partial charge in [-0.1, -0.05) is 48.5 Å². The van der Waals surface area contributed by atoms with Gasteiger partial charge in [-0.25, -0.2) is 4.99 Å². The van der Waals surface area contributed by atoms with Crippen molar-refractivity contribution in [1.29, 1.82) is 0 Å². The molecule has 152 valence electrons. The van der Waals surface area contributed by atoms with E-state index in [-0.39, 0.29) is 6.61 Å². The molecule has 2 fully saturated rings. The molecule has 2 aromatic carbocycles. The van der Waals surface area contributed by atoms with Crippen LogP contribution in [0.1, 0.15) is 17.4 Å². The Morgan fingerprint density at radius 2 is 1.69 bits per heavy atom. The van der Waals surface area contributed by atoms with Crippen LogP contribution in [0.4, 0.5) is 0 Å². The zero-order chi connectivity index (χ0) is 19.8. The third-order valence-electron chi connectivity index (χ3n) is 5.11. The molecule has 2 aromatic rings. The maximum absolute atomic E-state index is 9.56. The van der Waals surface area contributed by atoms with Crippen molar-refractivity contribution in [3.63, 3.8) is 0 Å². The lowest BCUT2D eigenvalue weighted by molar-refractivity contribution is -0.327. The Labute approximate surface area is 168 Å². The van der Waals surface area contributed by atoms with Crippen molar-refractivity contribution in [2.45, 2.75) is 36.9 Å². The predicted molar refractivity (Wildman–Crippen MR) is 103 cm³/mol. The van der Waals surface area contributed by atoms with Crippen LogP contribution in [0, 0.1) is 0 Å². The molecule has 6 atom stereocenters. The summed E-state index contributed by atoms with van der Waals surface area (Å²) < 4.78 is 29.4. The van der Waals surface area contributed by atoms with Crippen LogP contribution in [-0.2, 0) is 23.5 Å². The molecule has 29 heavy (non-hydrogen) atoms. The Balaban J connectivity index is 1.42. The van der Waals surface area contributed by atoms with Gasteiger partial charge in [0.05, 0.1) is 6.61 Å². The lowest BCUT2D eigenvalue weighted by Crippen LogP contribution is -2.60. The van der Waals surface area contributed by atoms with Crippen LogP contribution in [0.3, 0.4) is 0 Å². The van der Waals surface area contributed by atoms with Gasteiger partial charge in [0, 0.05) is 11.1 Å². The zero-order valence-electron chi connectivity index (χ0n) is 15.3. The highest BCUT2D eigenvalue weighted by molar-refractivity contribution is 7.39. The number of ether oxygens (including phenoxy) is 4. The van der Waals surface area contributed by atoms with Crippen molar-refractivity contribution in [2.24, 2.45) is 4.99 Å². The molecule has 4 unspecified atom stereocenters. The molecule has 8 nitrogen and oxygen atoms in total. The number of aliphatic imine (C=N–C) groups is 1. The summed E-state index contributed by atoms with van der Waals surface area (Å²) in [5.74, 6) is 0.425. The molecule has 9 heteroatoms. The van der Waals surface area contributed by atoms with Crippen molar-refractivity contribution in [1.82, 2.24) is 0 Å². The Bertz CT molecular complexity index is 866. The predicted octanol–water partition coefficient (Wildman–Crippen LogP) is 2.27. The topological polar surface area (TPSA) is 99.0 Å². The molecule has 0 saturated carbocycles. The summed E-state index contributed by atoms with van der Waals surface area (Å²) in [6, 6.07) is 18.4. The molecule has 0 bridgehead atoms. The Morgan fingerprint density at radius 3 is 2.41 bits per heavy atom. The first kappa shape index (κ1) is 19.1. The number of benzene rings is 2. The van der Waals surface area contributed by atoms with Gasteiger partial charge in [-0.3, -0.25) is 0 Å². The van der Waals surface area contributed by atoms with Crippen molar-refractivity contribution in [2.75, 3.05) is 6.61 Å². The summed E-state index contributed by atoms with van der Waals surface area (Å²) in [5.41, 5.74) is 1.67. The summed E-state index contributed by atoms with van der Waals surface area (Å²) >= 11 is 0. The van der Waals surface area contributed by atoms with E-state index in [0.29, 0.717) is 5.90 Å². The SMILES string of the molecule is OP(O)OC1C2N=C(c3ccccc3)O[C@H]2OC2COC(c3ccccc3)O[C@H]21. The van der Waals surface area contributed by atoms with E-state index >= 15 is 0 Å². The molecule has 5 rings (SSSR count). The van der Waals surface area contributed by atoms with Crippen molar-refractivity contribution >= 4 is 14.5 Å². The quantitative estimate of drug-likeness (QED) is 0.737. The van der Waals surface area contributed by atoms with E-state index in [1.807, 2.05) is 60.7 Å². The summed E-state index contributed by atoms with van der Waals surface area (Å²) in [4.78, 5) is 23.7. The minimum Gasteiger partial charge on any atom is -0.445 e. The highest BCUT2D eigenvalue weighted by Gasteiger charge is 2.54. The normalized spacial score (nSPS) is 33.6. The van der Waals surface area contributed by atoms with Crippen molar-refractivity contribution in [3.8, 4) is 0 Å². The number of rotatable bonds is 4. The smallest absolute Gasteiger partial charge is 0.327 e. The van der Waals surface area contributed by atoms with E-state index in [1.165, 1.54) is 0 Å². The minimum atomic E-state index is -2.62. The minimum absolute atomic E-state index is 0.256. The second-order valence-corrected chi connectivity index (χ2v) is 7.67. The van der Waals surface area contributed by atoms with Gasteiger partial charge in [-0.15, -0.1) is 0 Å². The molecule has 0 aliphatic carbocycles. The molecule has 2 N–H and O–H groups in total. The van der Waals surface area contributed by atoms with Gasteiger partial charge in [0.15, 0.2) is 6.29 Å². The van der Waals surface area contributed by atoms with E-state index < -0.39 is 45.5 Å². The third kappa shape index (κ3) is 3.81. The number of hydrogen-bond acceptors (Lipinski definition) is 8. The van der Waals surface area contributed by atoms with Crippen LogP contribution >= 0.6 is 8.60 Å². The van der Waals surface area contributed by atoms with E-state index in [2.05, 4.69) is 4.99 Å². The summed E-state index contributed by atoms with van der Waals surface area (Å²) in [7, 11) is -2.62. The number of fused-ring (bicyclic) bond motifs is 2. The monoisotopic (exact) mass is 417 g/mol. The standard InChI is InChI=1S/C20H20NO7P/c22-29(23)28-17-15-20(27-18(21-15)12-7-3-1-4-8-12)25-14-11-24-19(26-16(14)17)13-9-5-2-6-10-13/h1-10,14-17,19-20,22-23H,11H2/t14?,15?,16-,17?,19?,20-/m1/s1. The fourth-order valence-corrected chi connectivity index (χ4v) is 4.26. The molecular weight excluding hydrogens is 397 g/mol. The maximum atomic E-state index is 9.56. The molecule has 3 heterocycles. The summed E-state index contributed by atoms with van der Waals surface area (Å²) in [6.07, 6.45) is -3.15. The second kappa shape index (κ2) is 8.08. The summed E-state index contributed by atoms with van der Waals surface area (Å²) in [6.45, 7) is 0.256. The first-order valence-electron chi connectivity index (χ1n) is 9.31. The van der Waals surface area contributed by atoms with E-state index in [4.69, 9.17) is 23.5 Å². The van der Waals surface area contributed by atoms with Gasteiger partial charge in [0.25, 0.3) is 0 Å². The van der Waals surface area contributed by atoms with Gasteiger partial charge in [0.2, 0.25) is 12.2 Å². The largest absolute Gasteiger partial charge is 0.445 e. The zero-order valence-corrected chi connectivity index (χ0v) is 16.2. The lowest BCUT2D eigenvalue weighted by Gasteiger charge is -2.46. The van der Waals surface area contributed by atoms with Gasteiger partial charge in [-0.05, 0) is 12.1 Å². The van der Waals surface area contributed by atoms with Crippen LogP contribution in [-0.4, -0.2) is 52.9 Å². The number of nitrogens with zero attached hydrogens (tertiary/aromatic N) is 1. The lowest BCUT2D eigenvalue weighted by atomic mass is 9.96. The van der Waals surface area contributed by atoms with Gasteiger partial charge < -0.3 is 33.3 Å². The average molecular weight is 417 g/mol. The van der Waals surface area contributed by atoms with Gasteiger partial charge >= 0.3 is 8.60 Å². The van der Waals surface area contributed by atoms with E-state index in [0.717, 1.165) is 11.1 Å². The molecule has 2 saturated heterocycles. The highest BCUT2D eigenvalue weighted by atomic mass is 31.2. The first-order chi connectivity index (χ1) is 14.2. The van der Waals surface area contributed by atoms with Crippen LogP contribution in [0.5, 0.6) is 0 Å². The molecular formula is C20H20NO7P. The van der Waals surface area contributed by atoms with Crippen molar-refractivity contribution in [3.05, 3.63) is 71.8 Å². The average Bonchev–Trinajstić information content (AvgIpc) is 3.18.